The van der Waals surface area contributed by atoms with Crippen LogP contribution in [-0.2, 0) is 17.6 Å². The molecule has 6 rings (SSSR count). The van der Waals surface area contributed by atoms with E-state index in [9.17, 15) is 4.79 Å². The Morgan fingerprint density at radius 1 is 0.971 bits per heavy atom. The second kappa shape index (κ2) is 9.55. The number of nitrogens with one attached hydrogen (secondary N) is 2. The number of carbonyl (C=O) groups is 1. The molecule has 0 spiro atoms. The highest BCUT2D eigenvalue weighted by Gasteiger charge is 2.36. The first-order chi connectivity index (χ1) is 16.8. The van der Waals surface area contributed by atoms with Crippen molar-refractivity contribution in [2.75, 3.05) is 29.9 Å². The lowest BCUT2D eigenvalue weighted by Crippen LogP contribution is -2.45. The molecule has 8 heteroatoms. The van der Waals surface area contributed by atoms with Crippen LogP contribution >= 0.6 is 0 Å². The first-order valence-electron chi connectivity index (χ1n) is 13.5. The van der Waals surface area contributed by atoms with Crippen molar-refractivity contribution in [1.82, 2.24) is 25.1 Å². The maximum absolute atomic E-state index is 11.4. The van der Waals surface area contributed by atoms with Gasteiger partial charge in [-0.25, -0.2) is 4.98 Å². The average Bonchev–Trinajstić information content (AvgIpc) is 3.65. The van der Waals surface area contributed by atoms with Crippen LogP contribution in [0.2, 0.25) is 0 Å². The van der Waals surface area contributed by atoms with Crippen molar-refractivity contribution in [3.63, 3.8) is 0 Å². The van der Waals surface area contributed by atoms with E-state index in [-0.39, 0.29) is 0 Å². The summed E-state index contributed by atoms with van der Waals surface area (Å²) >= 11 is 0. The average molecular weight is 464 g/mol. The van der Waals surface area contributed by atoms with Gasteiger partial charge in [-0.3, -0.25) is 9.89 Å². The molecule has 2 N–H and O–H groups in total. The highest BCUT2D eigenvalue weighted by atomic mass is 16.1. The fraction of sp³-hybridized carbons (Fsp3) is 0.692. The van der Waals surface area contributed by atoms with Gasteiger partial charge >= 0.3 is 0 Å². The molecule has 4 heterocycles. The Morgan fingerprint density at radius 3 is 2.74 bits per heavy atom. The number of aromatic amines is 1. The molecule has 2 atom stereocenters. The molecule has 2 aromatic rings. The molecule has 1 saturated carbocycles. The lowest BCUT2D eigenvalue weighted by molar-refractivity contribution is -0.119. The third kappa shape index (κ3) is 4.27. The molecule has 3 fully saturated rings. The van der Waals surface area contributed by atoms with Crippen molar-refractivity contribution in [2.24, 2.45) is 5.92 Å². The minimum Gasteiger partial charge on any atom is -0.345 e. The SMILES string of the molecule is O=CN1CCCC(C2CCCN2c2nc3c(c(Nc4cc(C5CCCCC5)[nH]n4)n2)CCC3)C1. The van der Waals surface area contributed by atoms with Crippen molar-refractivity contribution in [3.05, 3.63) is 23.0 Å². The summed E-state index contributed by atoms with van der Waals surface area (Å²) in [6.07, 6.45) is 15.3. The first kappa shape index (κ1) is 21.9. The summed E-state index contributed by atoms with van der Waals surface area (Å²) in [7, 11) is 0. The molecule has 0 aromatic carbocycles. The molecular formula is C26H37N7O. The monoisotopic (exact) mass is 463 g/mol. The van der Waals surface area contributed by atoms with Gasteiger partial charge in [0.25, 0.3) is 0 Å². The van der Waals surface area contributed by atoms with E-state index in [0.717, 1.165) is 82.2 Å². The maximum Gasteiger partial charge on any atom is 0.227 e. The Balaban J connectivity index is 1.24. The molecular weight excluding hydrogens is 426 g/mol. The van der Waals surface area contributed by atoms with Gasteiger partial charge in [-0.15, -0.1) is 0 Å². The van der Waals surface area contributed by atoms with Gasteiger partial charge in [-0.1, -0.05) is 19.3 Å². The summed E-state index contributed by atoms with van der Waals surface area (Å²) in [4.78, 5) is 25.9. The molecule has 2 aromatic heterocycles. The van der Waals surface area contributed by atoms with Crippen molar-refractivity contribution in [2.45, 2.75) is 89.0 Å². The van der Waals surface area contributed by atoms with Crippen LogP contribution in [0.5, 0.6) is 0 Å². The molecule has 34 heavy (non-hydrogen) atoms. The number of anilines is 3. The summed E-state index contributed by atoms with van der Waals surface area (Å²) in [6.45, 7) is 2.75. The number of aryl methyl sites for hydroxylation is 1. The van der Waals surface area contributed by atoms with Gasteiger partial charge in [0, 0.05) is 48.9 Å². The quantitative estimate of drug-likeness (QED) is 0.620. The van der Waals surface area contributed by atoms with E-state index < -0.39 is 0 Å². The number of H-pyrrole nitrogens is 1. The number of hydrogen-bond donors (Lipinski definition) is 2. The number of hydrogen-bond acceptors (Lipinski definition) is 6. The number of nitrogens with zero attached hydrogens (tertiary/aromatic N) is 5. The van der Waals surface area contributed by atoms with E-state index >= 15 is 0 Å². The zero-order valence-electron chi connectivity index (χ0n) is 20.1. The summed E-state index contributed by atoms with van der Waals surface area (Å²) in [5, 5.41) is 11.5. The van der Waals surface area contributed by atoms with E-state index in [1.165, 1.54) is 55.5 Å². The molecule has 2 saturated heterocycles. The Labute approximate surface area is 201 Å². The van der Waals surface area contributed by atoms with Crippen molar-refractivity contribution in [3.8, 4) is 0 Å². The van der Waals surface area contributed by atoms with E-state index in [1.54, 1.807) is 0 Å². The zero-order chi connectivity index (χ0) is 22.9. The van der Waals surface area contributed by atoms with Crippen LogP contribution in [0.3, 0.4) is 0 Å². The summed E-state index contributed by atoms with van der Waals surface area (Å²) in [6, 6.07) is 2.60. The third-order valence-corrected chi connectivity index (χ3v) is 8.55. The van der Waals surface area contributed by atoms with Crippen molar-refractivity contribution < 1.29 is 4.79 Å². The number of aromatic nitrogens is 4. The second-order valence-corrected chi connectivity index (χ2v) is 10.7. The van der Waals surface area contributed by atoms with E-state index in [4.69, 9.17) is 9.97 Å². The second-order valence-electron chi connectivity index (χ2n) is 10.7. The smallest absolute Gasteiger partial charge is 0.227 e. The number of amides is 1. The van der Waals surface area contributed by atoms with Gasteiger partial charge < -0.3 is 15.1 Å². The number of piperidine rings is 1. The van der Waals surface area contributed by atoms with Gasteiger partial charge in [0.15, 0.2) is 5.82 Å². The third-order valence-electron chi connectivity index (χ3n) is 8.55. The van der Waals surface area contributed by atoms with Crippen LogP contribution in [0.15, 0.2) is 6.07 Å². The lowest BCUT2D eigenvalue weighted by atomic mass is 9.87. The van der Waals surface area contributed by atoms with Crippen molar-refractivity contribution >= 4 is 24.0 Å². The normalized spacial score (nSPS) is 25.5. The fourth-order valence-electron chi connectivity index (χ4n) is 6.78. The van der Waals surface area contributed by atoms with E-state index in [2.05, 4.69) is 26.5 Å². The molecule has 4 aliphatic rings. The molecule has 182 valence electrons. The summed E-state index contributed by atoms with van der Waals surface area (Å²) in [5.41, 5.74) is 3.70. The predicted molar refractivity (Wildman–Crippen MR) is 132 cm³/mol. The van der Waals surface area contributed by atoms with Gasteiger partial charge in [-0.05, 0) is 63.7 Å². The highest BCUT2D eigenvalue weighted by Crippen LogP contribution is 2.37. The number of likely N-dealkylation sites (tertiary alicyclic amines) is 1. The van der Waals surface area contributed by atoms with Crippen LogP contribution < -0.4 is 10.2 Å². The van der Waals surface area contributed by atoms with Gasteiger partial charge in [0.1, 0.15) is 5.82 Å². The number of carbonyl (C=O) groups excluding carboxylic acids is 1. The Hall–Kier alpha value is -2.64. The van der Waals surface area contributed by atoms with Gasteiger partial charge in [-0.2, -0.15) is 10.1 Å². The van der Waals surface area contributed by atoms with Crippen LogP contribution in [0.1, 0.15) is 87.1 Å². The van der Waals surface area contributed by atoms with Crippen LogP contribution in [0.4, 0.5) is 17.6 Å². The molecule has 0 bridgehead atoms. The summed E-state index contributed by atoms with van der Waals surface area (Å²) in [5.74, 6) is 3.76. The Bertz CT molecular complexity index is 1010. The Kier molecular flexibility index (Phi) is 6.14. The fourth-order valence-corrected chi connectivity index (χ4v) is 6.78. The molecule has 2 aliphatic heterocycles. The molecule has 0 radical (unpaired) electrons. The number of fused-ring (bicyclic) bond motifs is 1. The minimum absolute atomic E-state index is 0.415. The highest BCUT2D eigenvalue weighted by molar-refractivity contribution is 5.61. The van der Waals surface area contributed by atoms with Gasteiger partial charge in [0.2, 0.25) is 12.4 Å². The number of rotatable bonds is 6. The van der Waals surface area contributed by atoms with E-state index in [1.807, 2.05) is 4.90 Å². The van der Waals surface area contributed by atoms with Gasteiger partial charge in [0.05, 0.1) is 5.69 Å². The largest absolute Gasteiger partial charge is 0.345 e. The summed E-state index contributed by atoms with van der Waals surface area (Å²) < 4.78 is 0. The maximum atomic E-state index is 11.4. The minimum atomic E-state index is 0.415. The molecule has 1 amide bonds. The lowest BCUT2D eigenvalue weighted by Gasteiger charge is -2.37. The topological polar surface area (TPSA) is 90.0 Å². The predicted octanol–water partition coefficient (Wildman–Crippen LogP) is 4.32. The first-order valence-corrected chi connectivity index (χ1v) is 13.5. The van der Waals surface area contributed by atoms with Crippen LogP contribution in [-0.4, -0.2) is 57.2 Å². The standard InChI is InChI=1S/C26H37N7O/c34-17-32-13-5-9-19(16-32)23-12-6-14-33(23)26-27-21-11-4-10-20(21)25(29-26)28-24-15-22(30-31-24)18-7-2-1-3-8-18/h15,17-19,23H,1-14,16H2,(H2,27,28,29,30,31). The zero-order valence-corrected chi connectivity index (χ0v) is 20.1. The van der Waals surface area contributed by atoms with Crippen molar-refractivity contribution in [1.29, 1.82) is 0 Å². The molecule has 2 aliphatic carbocycles. The van der Waals surface area contributed by atoms with Crippen LogP contribution in [0.25, 0.3) is 0 Å². The molecule has 2 unspecified atom stereocenters. The Morgan fingerprint density at radius 2 is 1.85 bits per heavy atom. The van der Waals surface area contributed by atoms with E-state index in [0.29, 0.717) is 17.9 Å². The molecule has 8 nitrogen and oxygen atoms in total. The van der Waals surface area contributed by atoms with Crippen LogP contribution in [0, 0.1) is 5.92 Å².